The second-order valence-electron chi connectivity index (χ2n) is 4.48. The van der Waals surface area contributed by atoms with Gasteiger partial charge in [-0.15, -0.1) is 0 Å². The van der Waals surface area contributed by atoms with Gasteiger partial charge in [-0.3, -0.25) is 4.79 Å². The molecule has 1 unspecified atom stereocenters. The number of likely N-dealkylation sites (N-methyl/N-ethyl adjacent to an activating group) is 1. The van der Waals surface area contributed by atoms with Gasteiger partial charge in [0.25, 0.3) is 0 Å². The predicted molar refractivity (Wildman–Crippen MR) is 66.5 cm³/mol. The highest BCUT2D eigenvalue weighted by molar-refractivity contribution is 5.80. The molecule has 4 nitrogen and oxygen atoms in total. The van der Waals surface area contributed by atoms with Gasteiger partial charge < -0.3 is 15.0 Å². The number of methoxy groups -OCH3 is 1. The Labute approximate surface area is 99.3 Å². The maximum atomic E-state index is 11.6. The average Bonchev–Trinajstić information content (AvgIpc) is 2.28. The summed E-state index contributed by atoms with van der Waals surface area (Å²) in [6.07, 6.45) is 2.95. The van der Waals surface area contributed by atoms with Gasteiger partial charge in [-0.2, -0.15) is 0 Å². The average molecular weight is 230 g/mol. The van der Waals surface area contributed by atoms with Gasteiger partial charge >= 0.3 is 5.97 Å². The quantitative estimate of drug-likeness (QED) is 0.637. The van der Waals surface area contributed by atoms with Crippen LogP contribution in [0.15, 0.2) is 0 Å². The van der Waals surface area contributed by atoms with Crippen LogP contribution in [0.3, 0.4) is 0 Å². The van der Waals surface area contributed by atoms with Crippen LogP contribution in [0, 0.1) is 0 Å². The van der Waals surface area contributed by atoms with Crippen molar-refractivity contribution < 1.29 is 9.53 Å². The second kappa shape index (κ2) is 7.63. The monoisotopic (exact) mass is 230 g/mol. The molecule has 0 aromatic rings. The van der Waals surface area contributed by atoms with Gasteiger partial charge in [0.05, 0.1) is 7.11 Å². The second-order valence-corrected chi connectivity index (χ2v) is 4.48. The molecule has 0 aliphatic rings. The summed E-state index contributed by atoms with van der Waals surface area (Å²) < 4.78 is 4.80. The summed E-state index contributed by atoms with van der Waals surface area (Å²) in [6, 6.07) is 0. The molecular formula is C12H26N2O2. The summed E-state index contributed by atoms with van der Waals surface area (Å²) in [4.78, 5) is 13.9. The lowest BCUT2D eigenvalue weighted by Gasteiger charge is -2.27. The van der Waals surface area contributed by atoms with Crippen molar-refractivity contribution >= 4 is 5.97 Å². The highest BCUT2D eigenvalue weighted by atomic mass is 16.5. The number of nitrogens with one attached hydrogen (secondary N) is 1. The number of ether oxygens (including phenoxy) is 1. The number of hydrogen-bond acceptors (Lipinski definition) is 4. The Kier molecular flexibility index (Phi) is 7.34. The van der Waals surface area contributed by atoms with E-state index in [0.717, 1.165) is 32.4 Å². The minimum Gasteiger partial charge on any atom is -0.468 e. The molecule has 0 amide bonds. The van der Waals surface area contributed by atoms with E-state index in [0.29, 0.717) is 0 Å². The first kappa shape index (κ1) is 15.4. The van der Waals surface area contributed by atoms with Crippen molar-refractivity contribution in [1.82, 2.24) is 10.2 Å². The van der Waals surface area contributed by atoms with Gasteiger partial charge in [-0.1, -0.05) is 6.92 Å². The Balaban J connectivity index is 4.00. The van der Waals surface area contributed by atoms with Crippen LogP contribution in [0.25, 0.3) is 0 Å². The van der Waals surface area contributed by atoms with Crippen LogP contribution >= 0.6 is 0 Å². The van der Waals surface area contributed by atoms with Gasteiger partial charge in [0.2, 0.25) is 0 Å². The van der Waals surface area contributed by atoms with E-state index in [1.807, 2.05) is 6.92 Å². The zero-order valence-electron chi connectivity index (χ0n) is 11.3. The van der Waals surface area contributed by atoms with Gasteiger partial charge in [0, 0.05) is 0 Å². The number of carbonyl (C=O) groups excluding carboxylic acids is 1. The van der Waals surface area contributed by atoms with E-state index in [1.54, 1.807) is 7.05 Å². The molecule has 0 spiro atoms. The van der Waals surface area contributed by atoms with Gasteiger partial charge in [-0.25, -0.2) is 0 Å². The third kappa shape index (κ3) is 4.94. The van der Waals surface area contributed by atoms with Crippen molar-refractivity contribution in [3.05, 3.63) is 0 Å². The molecule has 16 heavy (non-hydrogen) atoms. The fourth-order valence-electron chi connectivity index (χ4n) is 1.75. The largest absolute Gasteiger partial charge is 0.468 e. The molecular weight excluding hydrogens is 204 g/mol. The SMILES string of the molecule is CCCN(C)CCCC(C)(NC)C(=O)OC. The van der Waals surface area contributed by atoms with E-state index in [2.05, 4.69) is 24.2 Å². The van der Waals surface area contributed by atoms with E-state index in [9.17, 15) is 4.79 Å². The molecule has 0 radical (unpaired) electrons. The van der Waals surface area contributed by atoms with E-state index in [-0.39, 0.29) is 5.97 Å². The third-order valence-corrected chi connectivity index (χ3v) is 3.01. The smallest absolute Gasteiger partial charge is 0.325 e. The molecule has 0 bridgehead atoms. The van der Waals surface area contributed by atoms with Gasteiger partial charge in [0.15, 0.2) is 0 Å². The topological polar surface area (TPSA) is 41.6 Å². The number of hydrogen-bond donors (Lipinski definition) is 1. The number of esters is 1. The predicted octanol–water partition coefficient (Wildman–Crippen LogP) is 1.26. The van der Waals surface area contributed by atoms with Crippen LogP contribution in [0.5, 0.6) is 0 Å². The van der Waals surface area contributed by atoms with Gasteiger partial charge in [-0.05, 0) is 53.4 Å². The number of carbonyl (C=O) groups is 1. The van der Waals surface area contributed by atoms with E-state index >= 15 is 0 Å². The molecule has 4 heteroatoms. The lowest BCUT2D eigenvalue weighted by atomic mass is 9.96. The first-order valence-corrected chi connectivity index (χ1v) is 5.96. The van der Waals surface area contributed by atoms with Crippen LogP contribution in [-0.2, 0) is 9.53 Å². The molecule has 0 heterocycles. The molecule has 96 valence electrons. The Morgan fingerprint density at radius 2 is 2.06 bits per heavy atom. The van der Waals surface area contributed by atoms with Crippen molar-refractivity contribution in [2.24, 2.45) is 0 Å². The van der Waals surface area contributed by atoms with Gasteiger partial charge in [0.1, 0.15) is 5.54 Å². The van der Waals surface area contributed by atoms with E-state index < -0.39 is 5.54 Å². The minimum absolute atomic E-state index is 0.187. The summed E-state index contributed by atoms with van der Waals surface area (Å²) in [6.45, 7) is 6.18. The van der Waals surface area contributed by atoms with E-state index in [4.69, 9.17) is 4.74 Å². The minimum atomic E-state index is -0.554. The summed E-state index contributed by atoms with van der Waals surface area (Å²) in [7, 11) is 5.34. The first-order chi connectivity index (χ1) is 7.50. The summed E-state index contributed by atoms with van der Waals surface area (Å²) in [5.74, 6) is -0.187. The van der Waals surface area contributed by atoms with Crippen LogP contribution < -0.4 is 5.32 Å². The highest BCUT2D eigenvalue weighted by Crippen LogP contribution is 2.14. The van der Waals surface area contributed by atoms with Crippen molar-refractivity contribution in [2.75, 3.05) is 34.3 Å². The molecule has 0 aliphatic heterocycles. The molecule has 0 aliphatic carbocycles. The van der Waals surface area contributed by atoms with Crippen molar-refractivity contribution in [3.8, 4) is 0 Å². The summed E-state index contributed by atoms with van der Waals surface area (Å²) in [5, 5.41) is 3.04. The maximum absolute atomic E-state index is 11.6. The fourth-order valence-corrected chi connectivity index (χ4v) is 1.75. The molecule has 0 saturated carbocycles. The molecule has 0 fully saturated rings. The van der Waals surface area contributed by atoms with Crippen molar-refractivity contribution in [3.63, 3.8) is 0 Å². The Bertz CT molecular complexity index is 209. The molecule has 0 saturated heterocycles. The normalized spacial score (nSPS) is 14.9. The number of rotatable bonds is 8. The van der Waals surface area contributed by atoms with Crippen LogP contribution in [-0.4, -0.2) is 50.7 Å². The Morgan fingerprint density at radius 1 is 1.44 bits per heavy atom. The highest BCUT2D eigenvalue weighted by Gasteiger charge is 2.31. The molecule has 1 atom stereocenters. The van der Waals surface area contributed by atoms with Crippen LogP contribution in [0.4, 0.5) is 0 Å². The lowest BCUT2D eigenvalue weighted by molar-refractivity contribution is -0.148. The van der Waals surface area contributed by atoms with Crippen LogP contribution in [0.2, 0.25) is 0 Å². The Hall–Kier alpha value is -0.610. The lowest BCUT2D eigenvalue weighted by Crippen LogP contribution is -2.48. The summed E-state index contributed by atoms with van der Waals surface area (Å²) in [5.41, 5.74) is -0.554. The third-order valence-electron chi connectivity index (χ3n) is 3.01. The zero-order valence-corrected chi connectivity index (χ0v) is 11.3. The number of nitrogens with zero attached hydrogens (tertiary/aromatic N) is 1. The molecule has 1 N–H and O–H groups in total. The molecule has 0 aromatic carbocycles. The first-order valence-electron chi connectivity index (χ1n) is 5.96. The molecule has 0 rings (SSSR count). The van der Waals surface area contributed by atoms with Crippen molar-refractivity contribution in [2.45, 2.75) is 38.6 Å². The maximum Gasteiger partial charge on any atom is 0.325 e. The fraction of sp³-hybridized carbons (Fsp3) is 0.917. The van der Waals surface area contributed by atoms with Crippen molar-refractivity contribution in [1.29, 1.82) is 0 Å². The van der Waals surface area contributed by atoms with E-state index in [1.165, 1.54) is 7.11 Å². The Morgan fingerprint density at radius 3 is 2.50 bits per heavy atom. The zero-order chi connectivity index (χ0) is 12.6. The van der Waals surface area contributed by atoms with Crippen LogP contribution in [0.1, 0.15) is 33.1 Å². The standard InChI is InChI=1S/C12H26N2O2/c1-6-9-14(4)10-7-8-12(2,13-3)11(15)16-5/h13H,6-10H2,1-5H3. The molecule has 0 aromatic heterocycles. The summed E-state index contributed by atoms with van der Waals surface area (Å²) >= 11 is 0.